The fourth-order valence-corrected chi connectivity index (χ4v) is 3.32. The van der Waals surface area contributed by atoms with Crippen LogP contribution in [0.4, 0.5) is 8.78 Å². The van der Waals surface area contributed by atoms with Crippen molar-refractivity contribution >= 4 is 28.4 Å². The first-order valence-electron chi connectivity index (χ1n) is 9.72. The quantitative estimate of drug-likeness (QED) is 0.469. The molecule has 0 atom stereocenters. The highest BCUT2D eigenvalue weighted by molar-refractivity contribution is 6.35. The molecule has 1 amide bonds. The van der Waals surface area contributed by atoms with Gasteiger partial charge in [-0.15, -0.1) is 0 Å². The van der Waals surface area contributed by atoms with E-state index in [0.717, 1.165) is 33.8 Å². The van der Waals surface area contributed by atoms with Gasteiger partial charge in [-0.1, -0.05) is 29.5 Å². The maximum atomic E-state index is 13.4. The lowest BCUT2D eigenvalue weighted by atomic mass is 10.1. The summed E-state index contributed by atoms with van der Waals surface area (Å²) in [5, 5.41) is 3.89. The molecule has 164 valence electrons. The van der Waals surface area contributed by atoms with E-state index in [4.69, 9.17) is 11.6 Å². The van der Waals surface area contributed by atoms with E-state index in [-0.39, 0.29) is 18.7 Å². The first kappa shape index (κ1) is 22.1. The number of carbonyl (C=O) groups is 1. The Hall–Kier alpha value is -4.09. The number of nitrogens with zero attached hydrogens (tertiary/aromatic N) is 3. The summed E-state index contributed by atoms with van der Waals surface area (Å²) in [5.41, 5.74) is 0.994. The molecule has 0 spiro atoms. The predicted molar refractivity (Wildman–Crippen MR) is 120 cm³/mol. The summed E-state index contributed by atoms with van der Waals surface area (Å²) < 4.78 is 27.7. The fraction of sp³-hybridized carbons (Fsp3) is 0.0833. The second kappa shape index (κ2) is 9.59. The van der Waals surface area contributed by atoms with Crippen molar-refractivity contribution in [3.8, 4) is 11.8 Å². The Morgan fingerprint density at radius 3 is 2.79 bits per heavy atom. The van der Waals surface area contributed by atoms with Gasteiger partial charge in [0.15, 0.2) is 11.6 Å². The van der Waals surface area contributed by atoms with Gasteiger partial charge in [0.1, 0.15) is 5.56 Å². The molecule has 0 saturated heterocycles. The molecule has 0 unspecified atom stereocenters. The summed E-state index contributed by atoms with van der Waals surface area (Å²) in [5.74, 6) is 3.09. The van der Waals surface area contributed by atoms with Gasteiger partial charge in [0.05, 0.1) is 30.0 Å². The maximum absolute atomic E-state index is 13.4. The monoisotopic (exact) mass is 464 g/mol. The van der Waals surface area contributed by atoms with Crippen molar-refractivity contribution in [2.24, 2.45) is 0 Å². The summed E-state index contributed by atoms with van der Waals surface area (Å²) >= 11 is 6.18. The van der Waals surface area contributed by atoms with Crippen LogP contribution in [0.2, 0.25) is 5.02 Å². The number of fused-ring (bicyclic) bond motifs is 1. The zero-order chi connectivity index (χ0) is 23.4. The lowest BCUT2D eigenvalue weighted by molar-refractivity contribution is 0.0956. The second-order valence-electron chi connectivity index (χ2n) is 7.00. The Morgan fingerprint density at radius 2 is 1.97 bits per heavy atom. The lowest BCUT2D eigenvalue weighted by Crippen LogP contribution is -2.33. The molecule has 2 aromatic heterocycles. The highest BCUT2D eigenvalue weighted by Crippen LogP contribution is 2.22. The van der Waals surface area contributed by atoms with Crippen LogP contribution in [-0.2, 0) is 6.54 Å². The molecule has 4 aromatic rings. The van der Waals surface area contributed by atoms with Gasteiger partial charge in [0.2, 0.25) is 0 Å². The highest BCUT2D eigenvalue weighted by atomic mass is 35.5. The number of carbonyl (C=O) groups excluding carboxylic acids is 1. The van der Waals surface area contributed by atoms with Gasteiger partial charge in [-0.3, -0.25) is 19.1 Å². The molecule has 0 aliphatic rings. The molecule has 6 nitrogen and oxygen atoms in total. The molecule has 0 aliphatic carbocycles. The third kappa shape index (κ3) is 5.05. The normalized spacial score (nSPS) is 10.5. The van der Waals surface area contributed by atoms with Gasteiger partial charge in [-0.2, -0.15) is 0 Å². The van der Waals surface area contributed by atoms with Crippen LogP contribution in [0.3, 0.4) is 0 Å². The third-order valence-electron chi connectivity index (χ3n) is 4.74. The summed E-state index contributed by atoms with van der Waals surface area (Å²) in [4.78, 5) is 33.2. The van der Waals surface area contributed by atoms with Crippen molar-refractivity contribution in [1.29, 1.82) is 0 Å². The molecule has 1 N–H and O–H groups in total. The van der Waals surface area contributed by atoms with Gasteiger partial charge in [-0.05, 0) is 42.0 Å². The molecule has 0 aliphatic heterocycles. The Balaban J connectivity index is 1.44. The molecule has 33 heavy (non-hydrogen) atoms. The van der Waals surface area contributed by atoms with E-state index < -0.39 is 23.1 Å². The largest absolute Gasteiger partial charge is 0.341 e. The number of halogens is 3. The molecule has 4 rings (SSSR count). The number of nitrogens with one attached hydrogen (secondary N) is 1. The lowest BCUT2D eigenvalue weighted by Gasteiger charge is -2.08. The Bertz CT molecular complexity index is 1490. The van der Waals surface area contributed by atoms with Crippen molar-refractivity contribution in [2.75, 3.05) is 6.54 Å². The summed E-state index contributed by atoms with van der Waals surface area (Å²) in [6.07, 6.45) is 3.99. The van der Waals surface area contributed by atoms with Gasteiger partial charge in [-0.25, -0.2) is 13.8 Å². The number of hydrogen-bond donors (Lipinski definition) is 1. The number of pyridine rings is 1. The smallest absolute Gasteiger partial charge is 0.266 e. The minimum atomic E-state index is -1.02. The van der Waals surface area contributed by atoms with E-state index >= 15 is 0 Å². The van der Waals surface area contributed by atoms with E-state index in [1.807, 2.05) is 0 Å². The van der Waals surface area contributed by atoms with Crippen molar-refractivity contribution in [1.82, 2.24) is 19.9 Å². The van der Waals surface area contributed by atoms with E-state index in [9.17, 15) is 18.4 Å². The van der Waals surface area contributed by atoms with Crippen LogP contribution in [0.1, 0.15) is 21.5 Å². The Labute approximate surface area is 191 Å². The second-order valence-corrected chi connectivity index (χ2v) is 7.41. The van der Waals surface area contributed by atoms with Gasteiger partial charge in [0, 0.05) is 23.3 Å². The van der Waals surface area contributed by atoms with Crippen molar-refractivity contribution in [3.63, 3.8) is 0 Å². The molecular weight excluding hydrogens is 450 g/mol. The maximum Gasteiger partial charge on any atom is 0.266 e. The number of amides is 1. The number of rotatable bonds is 4. The van der Waals surface area contributed by atoms with Crippen molar-refractivity contribution < 1.29 is 13.6 Å². The summed E-state index contributed by atoms with van der Waals surface area (Å²) in [6, 6.07) is 10.4. The SMILES string of the molecule is O=C(NCC#Cc1ccc2nccc(Cl)c2c1)c1cncn(Cc2ccc(F)c(F)c2)c1=O. The average molecular weight is 465 g/mol. The zero-order valence-corrected chi connectivity index (χ0v) is 17.7. The highest BCUT2D eigenvalue weighted by Gasteiger charge is 2.13. The van der Waals surface area contributed by atoms with Crippen LogP contribution >= 0.6 is 11.6 Å². The van der Waals surface area contributed by atoms with Crippen LogP contribution < -0.4 is 10.9 Å². The fourth-order valence-electron chi connectivity index (χ4n) is 3.11. The van der Waals surface area contributed by atoms with E-state index in [1.54, 1.807) is 30.5 Å². The van der Waals surface area contributed by atoms with E-state index in [0.29, 0.717) is 16.1 Å². The van der Waals surface area contributed by atoms with Crippen molar-refractivity contribution in [2.45, 2.75) is 6.54 Å². The topological polar surface area (TPSA) is 76.9 Å². The number of aromatic nitrogens is 3. The molecule has 0 bridgehead atoms. The third-order valence-corrected chi connectivity index (χ3v) is 5.07. The molecule has 0 radical (unpaired) electrons. The number of benzene rings is 2. The number of hydrogen-bond acceptors (Lipinski definition) is 4. The minimum absolute atomic E-state index is 0.00481. The standard InChI is InChI=1S/C24H15ClF2N4O2/c25-19-7-9-29-22-6-4-15(10-17(19)22)2-1-8-30-23(32)18-12-28-14-31(24(18)33)13-16-3-5-20(26)21(27)11-16/h3-7,9-12,14H,8,13H2,(H,30,32). The van der Waals surface area contributed by atoms with Crippen LogP contribution in [0.5, 0.6) is 0 Å². The average Bonchev–Trinajstić information content (AvgIpc) is 2.81. The van der Waals surface area contributed by atoms with E-state index in [2.05, 4.69) is 27.1 Å². The zero-order valence-electron chi connectivity index (χ0n) is 17.0. The Kier molecular flexibility index (Phi) is 6.43. The minimum Gasteiger partial charge on any atom is -0.341 e. The van der Waals surface area contributed by atoms with Crippen molar-refractivity contribution in [3.05, 3.63) is 105 Å². The van der Waals surface area contributed by atoms with Crippen LogP contribution in [0.25, 0.3) is 10.9 Å². The van der Waals surface area contributed by atoms with Gasteiger partial charge >= 0.3 is 0 Å². The van der Waals surface area contributed by atoms with Gasteiger partial charge in [0.25, 0.3) is 11.5 Å². The summed E-state index contributed by atoms with van der Waals surface area (Å²) in [7, 11) is 0. The molecule has 2 aromatic carbocycles. The first-order valence-corrected chi connectivity index (χ1v) is 10.1. The molecule has 2 heterocycles. The van der Waals surface area contributed by atoms with E-state index in [1.165, 1.54) is 12.4 Å². The molecule has 0 fully saturated rings. The predicted octanol–water partition coefficient (Wildman–Crippen LogP) is 3.55. The first-order chi connectivity index (χ1) is 15.9. The Morgan fingerprint density at radius 1 is 1.12 bits per heavy atom. The van der Waals surface area contributed by atoms with Gasteiger partial charge < -0.3 is 5.32 Å². The molecule has 0 saturated carbocycles. The van der Waals surface area contributed by atoms with Crippen LogP contribution in [-0.4, -0.2) is 27.0 Å². The summed E-state index contributed by atoms with van der Waals surface area (Å²) in [6.45, 7) is -0.0709. The molecule has 9 heteroatoms. The van der Waals surface area contributed by atoms with Crippen LogP contribution in [0, 0.1) is 23.5 Å². The van der Waals surface area contributed by atoms with Crippen LogP contribution in [0.15, 0.2) is 66.0 Å². The molecular formula is C24H15ClF2N4O2.